The van der Waals surface area contributed by atoms with Gasteiger partial charge in [-0.1, -0.05) is 24.3 Å². The number of phenols is 1. The molecule has 2 N–H and O–H groups in total. The Morgan fingerprint density at radius 1 is 1.18 bits per heavy atom. The fourth-order valence-corrected chi connectivity index (χ4v) is 2.58. The van der Waals surface area contributed by atoms with Crippen LogP contribution < -0.4 is 4.74 Å². The monoisotopic (exact) mass is 298 g/mol. The van der Waals surface area contributed by atoms with Crippen molar-refractivity contribution in [3.05, 3.63) is 59.2 Å². The molecule has 0 fully saturated rings. The number of ketones is 1. The molecule has 1 atom stereocenters. The number of aromatic hydroxyl groups is 1. The first kappa shape index (κ1) is 14.1. The van der Waals surface area contributed by atoms with Gasteiger partial charge < -0.3 is 14.9 Å². The molecule has 0 aliphatic carbocycles. The number of phenolic OH excluding ortho intramolecular Hbond substituents is 1. The minimum absolute atomic E-state index is 0.0773. The zero-order valence-electron chi connectivity index (χ0n) is 11.7. The molecule has 0 amide bonds. The van der Waals surface area contributed by atoms with E-state index in [1.165, 1.54) is 12.1 Å². The molecule has 0 aromatic heterocycles. The third kappa shape index (κ3) is 2.65. The van der Waals surface area contributed by atoms with Crippen molar-refractivity contribution in [2.45, 2.75) is 18.9 Å². The second-order valence-electron chi connectivity index (χ2n) is 5.19. The second kappa shape index (κ2) is 5.52. The number of carboxylic acid groups (broad SMARTS) is 1. The zero-order valence-corrected chi connectivity index (χ0v) is 11.7. The van der Waals surface area contributed by atoms with Gasteiger partial charge in [-0.15, -0.1) is 0 Å². The molecule has 3 rings (SSSR count). The van der Waals surface area contributed by atoms with Crippen molar-refractivity contribution in [3.63, 3.8) is 0 Å². The molecule has 1 aliphatic heterocycles. The fraction of sp³-hybridized carbons (Fsp3) is 0.176. The van der Waals surface area contributed by atoms with Crippen LogP contribution in [-0.4, -0.2) is 22.0 Å². The largest absolute Gasteiger partial charge is 0.508 e. The molecule has 0 spiro atoms. The summed E-state index contributed by atoms with van der Waals surface area (Å²) in [6.07, 6.45) is -0.483. The number of carbonyl (C=O) groups is 2. The molecule has 22 heavy (non-hydrogen) atoms. The Morgan fingerprint density at radius 3 is 2.59 bits per heavy atom. The molecule has 5 nitrogen and oxygen atoms in total. The van der Waals surface area contributed by atoms with E-state index < -0.39 is 12.1 Å². The van der Waals surface area contributed by atoms with Crippen LogP contribution in [0.3, 0.4) is 0 Å². The quantitative estimate of drug-likeness (QED) is 0.910. The van der Waals surface area contributed by atoms with Gasteiger partial charge in [0.1, 0.15) is 17.6 Å². The number of carbonyl (C=O) groups excluding carboxylic acids is 1. The van der Waals surface area contributed by atoms with Gasteiger partial charge in [0.25, 0.3) is 0 Å². The van der Waals surface area contributed by atoms with Crippen LogP contribution in [-0.2, 0) is 11.2 Å². The first-order valence-corrected chi connectivity index (χ1v) is 6.87. The van der Waals surface area contributed by atoms with E-state index >= 15 is 0 Å². The van der Waals surface area contributed by atoms with E-state index in [1.54, 1.807) is 30.3 Å². The van der Waals surface area contributed by atoms with Gasteiger partial charge in [0.2, 0.25) is 0 Å². The Kier molecular flexibility index (Phi) is 3.55. The van der Waals surface area contributed by atoms with Crippen LogP contribution in [0.5, 0.6) is 11.5 Å². The van der Waals surface area contributed by atoms with E-state index in [2.05, 4.69) is 0 Å². The molecule has 0 saturated carbocycles. The number of aliphatic carboxylic acids is 1. The Balaban J connectivity index is 1.98. The molecule has 0 saturated heterocycles. The number of hydrogen-bond donors (Lipinski definition) is 2. The number of fused-ring (bicyclic) bond motifs is 1. The van der Waals surface area contributed by atoms with Crippen molar-refractivity contribution in [3.8, 4) is 11.5 Å². The lowest BCUT2D eigenvalue weighted by atomic mass is 9.94. The Bertz CT molecular complexity index is 733. The van der Waals surface area contributed by atoms with Crippen LogP contribution in [0.2, 0.25) is 0 Å². The van der Waals surface area contributed by atoms with Crippen molar-refractivity contribution in [1.82, 2.24) is 0 Å². The number of benzene rings is 2. The standard InChI is InChI=1S/C17H14O5/c18-12-6-4-10(5-7-12)15-9-14(19)13-3-1-2-11(8-16(20)21)17(13)22-15/h1-7,15,18H,8-9H2,(H,20,21). The fourth-order valence-electron chi connectivity index (χ4n) is 2.58. The SMILES string of the molecule is O=C(O)Cc1cccc2c1OC(c1ccc(O)cc1)CC2=O. The zero-order chi connectivity index (χ0) is 15.7. The number of Topliss-reactive ketones (excluding diaryl/α,β-unsaturated/α-hetero) is 1. The highest BCUT2D eigenvalue weighted by atomic mass is 16.5. The minimum Gasteiger partial charge on any atom is -0.508 e. The summed E-state index contributed by atoms with van der Waals surface area (Å²) in [5.41, 5.74) is 1.68. The Labute approximate surface area is 126 Å². The van der Waals surface area contributed by atoms with Crippen LogP contribution in [0.1, 0.15) is 34.0 Å². The van der Waals surface area contributed by atoms with Gasteiger partial charge in [0, 0.05) is 5.56 Å². The summed E-state index contributed by atoms with van der Waals surface area (Å²) in [7, 11) is 0. The van der Waals surface area contributed by atoms with Crippen molar-refractivity contribution in [2.24, 2.45) is 0 Å². The van der Waals surface area contributed by atoms with Crippen molar-refractivity contribution in [2.75, 3.05) is 0 Å². The summed E-state index contributed by atoms with van der Waals surface area (Å²) >= 11 is 0. The molecule has 1 aliphatic rings. The maximum Gasteiger partial charge on any atom is 0.307 e. The van der Waals surface area contributed by atoms with Crippen LogP contribution in [0.4, 0.5) is 0 Å². The van der Waals surface area contributed by atoms with Gasteiger partial charge in [-0.25, -0.2) is 0 Å². The molecular formula is C17H14O5. The van der Waals surface area contributed by atoms with E-state index in [9.17, 15) is 14.7 Å². The lowest BCUT2D eigenvalue weighted by Crippen LogP contribution is -2.22. The van der Waals surface area contributed by atoms with Crippen LogP contribution in [0, 0.1) is 0 Å². The average molecular weight is 298 g/mol. The Morgan fingerprint density at radius 2 is 1.91 bits per heavy atom. The third-order valence-corrected chi connectivity index (χ3v) is 3.63. The van der Waals surface area contributed by atoms with Crippen molar-refractivity contribution in [1.29, 1.82) is 0 Å². The average Bonchev–Trinajstić information content (AvgIpc) is 2.48. The minimum atomic E-state index is -0.976. The molecule has 1 heterocycles. The first-order valence-electron chi connectivity index (χ1n) is 6.87. The van der Waals surface area contributed by atoms with Crippen LogP contribution >= 0.6 is 0 Å². The molecular weight excluding hydrogens is 284 g/mol. The van der Waals surface area contributed by atoms with Gasteiger partial charge >= 0.3 is 5.97 Å². The van der Waals surface area contributed by atoms with E-state index in [0.717, 1.165) is 5.56 Å². The van der Waals surface area contributed by atoms with Gasteiger partial charge in [0.15, 0.2) is 5.78 Å². The summed E-state index contributed by atoms with van der Waals surface area (Å²) in [6, 6.07) is 11.4. The van der Waals surface area contributed by atoms with E-state index in [1.807, 2.05) is 0 Å². The number of rotatable bonds is 3. The third-order valence-electron chi connectivity index (χ3n) is 3.63. The molecule has 2 aromatic rings. The molecule has 5 heteroatoms. The predicted molar refractivity (Wildman–Crippen MR) is 78.2 cm³/mol. The smallest absolute Gasteiger partial charge is 0.307 e. The molecule has 1 unspecified atom stereocenters. The number of ether oxygens (including phenoxy) is 1. The lowest BCUT2D eigenvalue weighted by Gasteiger charge is -2.27. The predicted octanol–water partition coefficient (Wildman–Crippen LogP) is 2.73. The normalized spacial score (nSPS) is 16.7. The highest BCUT2D eigenvalue weighted by molar-refractivity contribution is 6.00. The summed E-state index contributed by atoms with van der Waals surface area (Å²) in [5, 5.41) is 18.3. The number of carboxylic acids is 1. The molecule has 2 aromatic carbocycles. The van der Waals surface area contributed by atoms with E-state index in [0.29, 0.717) is 16.9 Å². The summed E-state index contributed by atoms with van der Waals surface area (Å²) < 4.78 is 5.89. The first-order chi connectivity index (χ1) is 10.5. The second-order valence-corrected chi connectivity index (χ2v) is 5.19. The van der Waals surface area contributed by atoms with Crippen LogP contribution in [0.25, 0.3) is 0 Å². The van der Waals surface area contributed by atoms with Crippen LogP contribution in [0.15, 0.2) is 42.5 Å². The number of hydrogen-bond acceptors (Lipinski definition) is 4. The van der Waals surface area contributed by atoms with Gasteiger partial charge in [-0.05, 0) is 23.8 Å². The van der Waals surface area contributed by atoms with Crippen molar-refractivity contribution < 1.29 is 24.5 Å². The summed E-state index contributed by atoms with van der Waals surface area (Å²) in [5.74, 6) is -0.570. The Hall–Kier alpha value is -2.82. The van der Waals surface area contributed by atoms with Crippen molar-refractivity contribution >= 4 is 11.8 Å². The van der Waals surface area contributed by atoms with E-state index in [-0.39, 0.29) is 24.4 Å². The molecule has 0 radical (unpaired) electrons. The maximum absolute atomic E-state index is 12.3. The summed E-state index contributed by atoms with van der Waals surface area (Å²) in [6.45, 7) is 0. The highest BCUT2D eigenvalue weighted by Gasteiger charge is 2.29. The van der Waals surface area contributed by atoms with Gasteiger partial charge in [-0.2, -0.15) is 0 Å². The van der Waals surface area contributed by atoms with Gasteiger partial charge in [-0.3, -0.25) is 9.59 Å². The molecule has 112 valence electrons. The maximum atomic E-state index is 12.3. The number of para-hydroxylation sites is 1. The topological polar surface area (TPSA) is 83.8 Å². The molecule has 0 bridgehead atoms. The van der Waals surface area contributed by atoms with E-state index in [4.69, 9.17) is 9.84 Å². The highest BCUT2D eigenvalue weighted by Crippen LogP contribution is 2.37. The lowest BCUT2D eigenvalue weighted by molar-refractivity contribution is -0.136. The van der Waals surface area contributed by atoms with Gasteiger partial charge in [0.05, 0.1) is 18.4 Å². The summed E-state index contributed by atoms with van der Waals surface area (Å²) in [4.78, 5) is 23.3.